The fourth-order valence-electron chi connectivity index (χ4n) is 1.76. The van der Waals surface area contributed by atoms with Crippen molar-refractivity contribution < 1.29 is 14.3 Å². The Morgan fingerprint density at radius 3 is 2.28 bits per heavy atom. The lowest BCUT2D eigenvalue weighted by Gasteiger charge is -2.11. The van der Waals surface area contributed by atoms with Crippen LogP contribution in [0.4, 0.5) is 0 Å². The third-order valence-electron chi connectivity index (χ3n) is 2.86. The number of ketones is 1. The molecule has 1 rings (SSSR count). The maximum absolute atomic E-state index is 11.9. The maximum atomic E-state index is 11.9. The second kappa shape index (κ2) is 6.59. The first-order valence-corrected chi connectivity index (χ1v) is 7.21. The van der Waals surface area contributed by atoms with E-state index in [9.17, 15) is 9.59 Å². The highest BCUT2D eigenvalue weighted by atomic mass is 32.2. The zero-order valence-electron chi connectivity index (χ0n) is 11.2. The van der Waals surface area contributed by atoms with E-state index in [1.165, 1.54) is 11.8 Å². The molecule has 0 fully saturated rings. The largest absolute Gasteiger partial charge is 0.462 e. The molecule has 0 unspecified atom stereocenters. The van der Waals surface area contributed by atoms with Gasteiger partial charge in [-0.05, 0) is 44.2 Å². The number of esters is 1. The van der Waals surface area contributed by atoms with E-state index >= 15 is 0 Å². The molecule has 1 aromatic carbocycles. The summed E-state index contributed by atoms with van der Waals surface area (Å²) in [6.07, 6.45) is 1.90. The molecular weight excluding hydrogens is 248 g/mol. The van der Waals surface area contributed by atoms with Gasteiger partial charge in [0.1, 0.15) is 0 Å². The summed E-state index contributed by atoms with van der Waals surface area (Å²) in [7, 11) is 0. The fourth-order valence-corrected chi connectivity index (χ4v) is 2.18. The molecular formula is C14H18O3S. The molecule has 0 spiro atoms. The highest BCUT2D eigenvalue weighted by Crippen LogP contribution is 2.20. The van der Waals surface area contributed by atoms with Crippen LogP contribution in [0.1, 0.15) is 38.8 Å². The van der Waals surface area contributed by atoms with Crippen LogP contribution in [0.2, 0.25) is 0 Å². The average molecular weight is 266 g/mol. The number of Topliss-reactive ketones (excluding diaryl/α,β-unsaturated/α-hetero) is 1. The van der Waals surface area contributed by atoms with Gasteiger partial charge in [0.05, 0.1) is 17.9 Å². The van der Waals surface area contributed by atoms with E-state index in [4.69, 9.17) is 4.74 Å². The van der Waals surface area contributed by atoms with Gasteiger partial charge in [0.25, 0.3) is 0 Å². The van der Waals surface area contributed by atoms with Crippen LogP contribution >= 0.6 is 11.8 Å². The van der Waals surface area contributed by atoms with Gasteiger partial charge in [-0.3, -0.25) is 4.79 Å². The molecule has 98 valence electrons. The summed E-state index contributed by atoms with van der Waals surface area (Å²) in [5, 5.41) is 0. The van der Waals surface area contributed by atoms with Crippen molar-refractivity contribution >= 4 is 23.5 Å². The number of ether oxygens (including phenoxy) is 1. The van der Waals surface area contributed by atoms with E-state index < -0.39 is 0 Å². The van der Waals surface area contributed by atoms with Crippen LogP contribution in [0.25, 0.3) is 0 Å². The van der Waals surface area contributed by atoms with Crippen LogP contribution in [0.3, 0.4) is 0 Å². The first kappa shape index (κ1) is 14.8. The second-order valence-corrected chi connectivity index (χ2v) is 4.85. The summed E-state index contributed by atoms with van der Waals surface area (Å²) in [6, 6.07) is 3.39. The van der Waals surface area contributed by atoms with E-state index in [0.717, 1.165) is 11.1 Å². The minimum atomic E-state index is -0.332. The van der Waals surface area contributed by atoms with Gasteiger partial charge in [-0.25, -0.2) is 4.79 Å². The van der Waals surface area contributed by atoms with Crippen LogP contribution in [0, 0.1) is 13.8 Å². The third kappa shape index (κ3) is 3.13. The van der Waals surface area contributed by atoms with E-state index in [1.807, 2.05) is 20.1 Å². The standard InChI is InChI=1S/C14H18O3S/c1-5-17-14(16)12-7-6-11(9(2)10(12)3)13(15)8-18-4/h6-7H,5,8H2,1-4H3. The summed E-state index contributed by atoms with van der Waals surface area (Å²) in [5.74, 6) is 0.222. The number of rotatable bonds is 5. The molecule has 0 saturated heterocycles. The Morgan fingerprint density at radius 2 is 1.72 bits per heavy atom. The number of hydrogen-bond donors (Lipinski definition) is 0. The molecule has 0 amide bonds. The Morgan fingerprint density at radius 1 is 1.17 bits per heavy atom. The average Bonchev–Trinajstić information content (AvgIpc) is 2.33. The van der Waals surface area contributed by atoms with E-state index in [2.05, 4.69) is 0 Å². The topological polar surface area (TPSA) is 43.4 Å². The monoisotopic (exact) mass is 266 g/mol. The number of carbonyl (C=O) groups is 2. The van der Waals surface area contributed by atoms with E-state index in [0.29, 0.717) is 23.5 Å². The highest BCUT2D eigenvalue weighted by molar-refractivity contribution is 7.99. The lowest BCUT2D eigenvalue weighted by molar-refractivity contribution is 0.0525. The normalized spacial score (nSPS) is 10.2. The van der Waals surface area contributed by atoms with Crippen molar-refractivity contribution in [1.82, 2.24) is 0 Å². The third-order valence-corrected chi connectivity index (χ3v) is 3.41. The van der Waals surface area contributed by atoms with Crippen molar-refractivity contribution in [3.8, 4) is 0 Å². The van der Waals surface area contributed by atoms with Crippen LogP contribution in [0.15, 0.2) is 12.1 Å². The predicted molar refractivity (Wildman–Crippen MR) is 74.6 cm³/mol. The van der Waals surface area contributed by atoms with Crippen LogP contribution in [0.5, 0.6) is 0 Å². The number of hydrogen-bond acceptors (Lipinski definition) is 4. The molecule has 0 aliphatic heterocycles. The molecule has 3 nitrogen and oxygen atoms in total. The summed E-state index contributed by atoms with van der Waals surface area (Å²) in [6.45, 7) is 5.84. The highest BCUT2D eigenvalue weighted by Gasteiger charge is 2.16. The van der Waals surface area contributed by atoms with Crippen LogP contribution in [-0.4, -0.2) is 30.4 Å². The van der Waals surface area contributed by atoms with E-state index in [1.54, 1.807) is 19.1 Å². The quantitative estimate of drug-likeness (QED) is 0.607. The maximum Gasteiger partial charge on any atom is 0.338 e. The summed E-state index contributed by atoms with van der Waals surface area (Å²) >= 11 is 1.50. The van der Waals surface area contributed by atoms with Crippen molar-refractivity contribution in [3.63, 3.8) is 0 Å². The lowest BCUT2D eigenvalue weighted by Crippen LogP contribution is -2.11. The molecule has 0 saturated carbocycles. The molecule has 0 aromatic heterocycles. The van der Waals surface area contributed by atoms with Crippen LogP contribution < -0.4 is 0 Å². The van der Waals surface area contributed by atoms with Gasteiger partial charge < -0.3 is 4.74 Å². The zero-order chi connectivity index (χ0) is 13.7. The first-order valence-electron chi connectivity index (χ1n) is 5.82. The Hall–Kier alpha value is -1.29. The molecule has 18 heavy (non-hydrogen) atoms. The van der Waals surface area contributed by atoms with Gasteiger partial charge in [-0.2, -0.15) is 11.8 Å². The van der Waals surface area contributed by atoms with Crippen molar-refractivity contribution in [1.29, 1.82) is 0 Å². The molecule has 0 atom stereocenters. The Kier molecular flexibility index (Phi) is 5.41. The van der Waals surface area contributed by atoms with E-state index in [-0.39, 0.29) is 11.8 Å². The number of carbonyl (C=O) groups excluding carboxylic acids is 2. The molecule has 0 N–H and O–H groups in total. The molecule has 1 aromatic rings. The zero-order valence-corrected chi connectivity index (χ0v) is 12.0. The van der Waals surface area contributed by atoms with Crippen LogP contribution in [-0.2, 0) is 4.74 Å². The minimum Gasteiger partial charge on any atom is -0.462 e. The Labute approximate surface area is 112 Å². The Balaban J connectivity index is 3.12. The lowest BCUT2D eigenvalue weighted by atomic mass is 9.96. The van der Waals surface area contributed by atoms with Crippen molar-refractivity contribution in [3.05, 3.63) is 34.4 Å². The Bertz CT molecular complexity index is 423. The molecule has 0 aliphatic carbocycles. The molecule has 0 bridgehead atoms. The second-order valence-electron chi connectivity index (χ2n) is 3.99. The molecule has 0 heterocycles. The predicted octanol–water partition coefficient (Wildman–Crippen LogP) is 3.03. The van der Waals surface area contributed by atoms with Gasteiger partial charge in [0, 0.05) is 5.56 Å². The van der Waals surface area contributed by atoms with Crippen molar-refractivity contribution in [2.24, 2.45) is 0 Å². The first-order chi connectivity index (χ1) is 8.52. The SMILES string of the molecule is CCOC(=O)c1ccc(C(=O)CSC)c(C)c1C. The summed E-state index contributed by atoms with van der Waals surface area (Å²) in [5.41, 5.74) is 2.91. The summed E-state index contributed by atoms with van der Waals surface area (Å²) < 4.78 is 4.98. The number of benzene rings is 1. The molecule has 4 heteroatoms. The smallest absolute Gasteiger partial charge is 0.338 e. The molecule has 0 aliphatic rings. The van der Waals surface area contributed by atoms with Crippen molar-refractivity contribution in [2.75, 3.05) is 18.6 Å². The van der Waals surface area contributed by atoms with Gasteiger partial charge in [-0.15, -0.1) is 0 Å². The minimum absolute atomic E-state index is 0.0958. The number of thioether (sulfide) groups is 1. The van der Waals surface area contributed by atoms with Crippen molar-refractivity contribution in [2.45, 2.75) is 20.8 Å². The van der Waals surface area contributed by atoms with Gasteiger partial charge >= 0.3 is 5.97 Å². The summed E-state index contributed by atoms with van der Waals surface area (Å²) in [4.78, 5) is 23.6. The van der Waals surface area contributed by atoms with Gasteiger partial charge in [0.15, 0.2) is 5.78 Å². The van der Waals surface area contributed by atoms with Gasteiger partial charge in [0.2, 0.25) is 0 Å². The van der Waals surface area contributed by atoms with Gasteiger partial charge in [-0.1, -0.05) is 6.07 Å². The molecule has 0 radical (unpaired) electrons. The fraction of sp³-hybridized carbons (Fsp3) is 0.429.